The molecule has 0 bridgehead atoms. The second-order valence-corrected chi connectivity index (χ2v) is 7.27. The molecule has 2 heterocycles. The fraction of sp³-hybridized carbons (Fsp3) is 0.0909. The summed E-state index contributed by atoms with van der Waals surface area (Å²) in [5.41, 5.74) is 1.71. The van der Waals surface area contributed by atoms with Crippen molar-refractivity contribution >= 4 is 34.8 Å². The summed E-state index contributed by atoms with van der Waals surface area (Å²) >= 11 is 5.93. The van der Waals surface area contributed by atoms with Gasteiger partial charge in [0.1, 0.15) is 5.75 Å². The lowest BCUT2D eigenvalue weighted by atomic mass is 10.2. The van der Waals surface area contributed by atoms with Crippen molar-refractivity contribution in [1.82, 2.24) is 19.6 Å². The fourth-order valence-corrected chi connectivity index (χ4v) is 3.00. The van der Waals surface area contributed by atoms with Crippen molar-refractivity contribution in [2.75, 3.05) is 10.6 Å². The molecule has 2 amide bonds. The van der Waals surface area contributed by atoms with Gasteiger partial charge in [-0.25, -0.2) is 4.68 Å². The van der Waals surface area contributed by atoms with Crippen LogP contribution in [0.4, 0.5) is 11.4 Å². The number of anilines is 2. The van der Waals surface area contributed by atoms with Crippen molar-refractivity contribution in [3.8, 4) is 5.75 Å². The van der Waals surface area contributed by atoms with Gasteiger partial charge in [-0.1, -0.05) is 17.7 Å². The van der Waals surface area contributed by atoms with E-state index in [1.54, 1.807) is 84.8 Å². The number of nitrogens with one attached hydrogen (secondary N) is 2. The van der Waals surface area contributed by atoms with Crippen molar-refractivity contribution in [1.29, 1.82) is 0 Å². The first kappa shape index (κ1) is 21.1. The Hall–Kier alpha value is -4.11. The molecular weight excluding hydrogens is 432 g/mol. The molecule has 4 rings (SSSR count). The highest BCUT2D eigenvalue weighted by Gasteiger charge is 2.12. The van der Waals surface area contributed by atoms with E-state index in [0.717, 1.165) is 0 Å². The number of carbonyl (C=O) groups excluding carboxylic acids is 2. The van der Waals surface area contributed by atoms with Gasteiger partial charge in [0.25, 0.3) is 11.8 Å². The minimum Gasteiger partial charge on any atom is -0.471 e. The second-order valence-electron chi connectivity index (χ2n) is 6.83. The van der Waals surface area contributed by atoms with Gasteiger partial charge < -0.3 is 15.4 Å². The van der Waals surface area contributed by atoms with Crippen LogP contribution in [0.3, 0.4) is 0 Å². The molecule has 2 aromatic heterocycles. The zero-order chi connectivity index (χ0) is 22.5. The van der Waals surface area contributed by atoms with Crippen molar-refractivity contribution in [3.63, 3.8) is 0 Å². The predicted molar refractivity (Wildman–Crippen MR) is 120 cm³/mol. The summed E-state index contributed by atoms with van der Waals surface area (Å²) in [6.45, 7) is 0.137. The molecule has 0 unspecified atom stereocenters. The van der Waals surface area contributed by atoms with E-state index in [-0.39, 0.29) is 24.2 Å². The van der Waals surface area contributed by atoms with E-state index in [1.807, 2.05) is 0 Å². The smallest absolute Gasteiger partial charge is 0.276 e. The normalized spacial score (nSPS) is 10.6. The van der Waals surface area contributed by atoms with E-state index < -0.39 is 0 Å². The summed E-state index contributed by atoms with van der Waals surface area (Å²) in [6, 6.07) is 17.0. The van der Waals surface area contributed by atoms with Crippen LogP contribution in [-0.2, 0) is 13.8 Å². The third kappa shape index (κ3) is 5.32. The molecule has 0 aliphatic heterocycles. The number of halogens is 1. The zero-order valence-electron chi connectivity index (χ0n) is 17.0. The molecule has 9 nitrogen and oxygen atoms in total. The molecule has 0 atom stereocenters. The van der Waals surface area contributed by atoms with Crippen LogP contribution in [-0.4, -0.2) is 31.4 Å². The van der Waals surface area contributed by atoms with Crippen LogP contribution in [0.1, 0.15) is 21.0 Å². The van der Waals surface area contributed by atoms with Crippen molar-refractivity contribution in [2.45, 2.75) is 6.73 Å². The quantitative estimate of drug-likeness (QED) is 0.445. The van der Waals surface area contributed by atoms with Gasteiger partial charge in [0.05, 0.1) is 0 Å². The van der Waals surface area contributed by atoms with Crippen LogP contribution < -0.4 is 15.4 Å². The van der Waals surface area contributed by atoms with Crippen molar-refractivity contribution in [3.05, 3.63) is 89.5 Å². The van der Waals surface area contributed by atoms with E-state index in [4.69, 9.17) is 16.3 Å². The topological polar surface area (TPSA) is 103 Å². The number of carbonyl (C=O) groups is 2. The first-order valence-electron chi connectivity index (χ1n) is 9.60. The van der Waals surface area contributed by atoms with Gasteiger partial charge in [-0.15, -0.1) is 0 Å². The molecule has 0 saturated heterocycles. The first-order chi connectivity index (χ1) is 15.5. The van der Waals surface area contributed by atoms with Gasteiger partial charge in [-0.3, -0.25) is 14.3 Å². The molecule has 0 spiro atoms. The van der Waals surface area contributed by atoms with E-state index in [1.165, 1.54) is 4.68 Å². The number of hydrogen-bond acceptors (Lipinski definition) is 5. The number of aryl methyl sites for hydroxylation is 1. The molecule has 2 N–H and O–H groups in total. The highest BCUT2D eigenvalue weighted by atomic mass is 35.5. The first-order valence-corrected chi connectivity index (χ1v) is 9.98. The average Bonchev–Trinajstić information content (AvgIpc) is 3.43. The Kier molecular flexibility index (Phi) is 6.18. The second kappa shape index (κ2) is 9.36. The van der Waals surface area contributed by atoms with Gasteiger partial charge in [0, 0.05) is 35.8 Å². The number of benzene rings is 2. The van der Waals surface area contributed by atoms with Crippen molar-refractivity contribution < 1.29 is 14.3 Å². The monoisotopic (exact) mass is 450 g/mol. The average molecular weight is 451 g/mol. The molecule has 10 heteroatoms. The molecule has 0 saturated carbocycles. The largest absolute Gasteiger partial charge is 0.471 e. The number of rotatable bonds is 7. The summed E-state index contributed by atoms with van der Waals surface area (Å²) in [5.74, 6) is -0.0704. The Balaban J connectivity index is 1.31. The van der Waals surface area contributed by atoms with E-state index >= 15 is 0 Å². The molecule has 0 fully saturated rings. The van der Waals surface area contributed by atoms with Crippen LogP contribution in [0.5, 0.6) is 5.75 Å². The van der Waals surface area contributed by atoms with Crippen LogP contribution in [0, 0.1) is 0 Å². The lowest BCUT2D eigenvalue weighted by Gasteiger charge is -2.07. The number of hydrogen-bond donors (Lipinski definition) is 2. The van der Waals surface area contributed by atoms with Gasteiger partial charge in [0.15, 0.2) is 18.1 Å². The number of ether oxygens (including phenoxy) is 1. The Morgan fingerprint density at radius 3 is 2.12 bits per heavy atom. The predicted octanol–water partition coefficient (Wildman–Crippen LogP) is 3.81. The minimum atomic E-state index is -0.364. The van der Waals surface area contributed by atoms with Gasteiger partial charge in [-0.2, -0.15) is 10.2 Å². The van der Waals surface area contributed by atoms with Gasteiger partial charge in [0.2, 0.25) is 0 Å². The Morgan fingerprint density at radius 2 is 1.53 bits per heavy atom. The molecule has 4 aromatic rings. The lowest BCUT2D eigenvalue weighted by molar-refractivity contribution is 0.101. The summed E-state index contributed by atoms with van der Waals surface area (Å²) in [5, 5.41) is 14.4. The van der Waals surface area contributed by atoms with E-state index in [9.17, 15) is 9.59 Å². The molecule has 32 heavy (non-hydrogen) atoms. The summed E-state index contributed by atoms with van der Waals surface area (Å²) < 4.78 is 8.67. The summed E-state index contributed by atoms with van der Waals surface area (Å²) in [6.07, 6.45) is 3.34. The molecule has 0 radical (unpaired) electrons. The van der Waals surface area contributed by atoms with Gasteiger partial charge in [-0.05, 0) is 54.6 Å². The minimum absolute atomic E-state index is 0.137. The Bertz CT molecular complexity index is 1250. The Labute approximate surface area is 188 Å². The standard InChI is InChI=1S/C22H19ClN6O3/c1-28-11-9-19(26-28)21(30)24-16-5-7-17(8-6-16)25-22(31)20-10-12-29(27-20)14-32-18-4-2-3-15(23)13-18/h2-13H,14H2,1H3,(H,24,30)(H,25,31). The molecule has 0 aliphatic rings. The number of nitrogens with zero attached hydrogens (tertiary/aromatic N) is 4. The maximum atomic E-state index is 12.5. The van der Waals surface area contributed by atoms with Crippen molar-refractivity contribution in [2.24, 2.45) is 7.05 Å². The molecule has 0 aliphatic carbocycles. The fourth-order valence-electron chi connectivity index (χ4n) is 2.82. The lowest BCUT2D eigenvalue weighted by Crippen LogP contribution is -2.15. The SMILES string of the molecule is Cn1ccc(C(=O)Nc2ccc(NC(=O)c3ccn(COc4cccc(Cl)c4)n3)cc2)n1. The third-order valence-corrected chi connectivity index (χ3v) is 4.61. The molecule has 162 valence electrons. The highest BCUT2D eigenvalue weighted by Crippen LogP contribution is 2.18. The molecular formula is C22H19ClN6O3. The van der Waals surface area contributed by atoms with E-state index in [0.29, 0.717) is 27.8 Å². The van der Waals surface area contributed by atoms with E-state index in [2.05, 4.69) is 20.8 Å². The maximum Gasteiger partial charge on any atom is 0.276 e. The number of amides is 2. The van der Waals surface area contributed by atoms with Crippen LogP contribution >= 0.6 is 11.6 Å². The highest BCUT2D eigenvalue weighted by molar-refractivity contribution is 6.30. The maximum absolute atomic E-state index is 12.5. The Morgan fingerprint density at radius 1 is 0.906 bits per heavy atom. The van der Waals surface area contributed by atoms with Crippen LogP contribution in [0.2, 0.25) is 5.02 Å². The zero-order valence-corrected chi connectivity index (χ0v) is 17.8. The van der Waals surface area contributed by atoms with Crippen LogP contribution in [0.15, 0.2) is 73.1 Å². The van der Waals surface area contributed by atoms with Gasteiger partial charge >= 0.3 is 0 Å². The summed E-state index contributed by atoms with van der Waals surface area (Å²) in [7, 11) is 1.74. The third-order valence-electron chi connectivity index (χ3n) is 4.38. The number of aromatic nitrogens is 4. The summed E-state index contributed by atoms with van der Waals surface area (Å²) in [4.78, 5) is 24.6. The molecule has 2 aromatic carbocycles. The van der Waals surface area contributed by atoms with Crippen LogP contribution in [0.25, 0.3) is 0 Å².